The molecule has 0 fully saturated rings. The average molecular weight is 312 g/mol. The molecule has 3 N–H and O–H groups in total. The van der Waals surface area contributed by atoms with Crippen molar-refractivity contribution >= 4 is 29.0 Å². The topological polar surface area (TPSA) is 55.1 Å². The molecule has 0 heterocycles. The van der Waals surface area contributed by atoms with Crippen LogP contribution in [-0.4, -0.2) is 11.7 Å². The van der Waals surface area contributed by atoms with E-state index in [2.05, 4.69) is 5.32 Å². The van der Waals surface area contributed by atoms with Crippen molar-refractivity contribution in [2.75, 3.05) is 16.8 Å². The molecule has 21 heavy (non-hydrogen) atoms. The first-order chi connectivity index (χ1) is 9.94. The van der Waals surface area contributed by atoms with Crippen LogP contribution in [0.1, 0.15) is 0 Å². The fraction of sp³-hybridized carbons (Fsp3) is 0.0714. The van der Waals surface area contributed by atoms with Gasteiger partial charge in [0.2, 0.25) is 5.91 Å². The largest absolute Gasteiger partial charge is 0.396 e. The van der Waals surface area contributed by atoms with Crippen molar-refractivity contribution in [3.63, 3.8) is 0 Å². The Labute approximate surface area is 123 Å². The van der Waals surface area contributed by atoms with Crippen LogP contribution in [0.5, 0.6) is 0 Å². The zero-order valence-electron chi connectivity index (χ0n) is 10.7. The molecule has 0 bridgehead atoms. The van der Waals surface area contributed by atoms with Gasteiger partial charge in [-0.05, 0) is 30.3 Å². The lowest BCUT2D eigenvalue weighted by Crippen LogP contribution is -2.14. The zero-order chi connectivity index (χ0) is 15.4. The number of rotatable bonds is 4. The molecule has 7 heteroatoms. The van der Waals surface area contributed by atoms with E-state index < -0.39 is 23.4 Å². The minimum atomic E-state index is -0.779. The van der Waals surface area contributed by atoms with E-state index >= 15 is 0 Å². The van der Waals surface area contributed by atoms with Crippen LogP contribution in [0.4, 0.5) is 24.5 Å². The molecule has 2 aromatic rings. The molecule has 2 rings (SSSR count). The maximum Gasteiger partial charge on any atom is 0.234 e. The maximum atomic E-state index is 13.2. The van der Waals surface area contributed by atoms with Gasteiger partial charge >= 0.3 is 0 Å². The second-order valence-electron chi connectivity index (χ2n) is 4.18. The Morgan fingerprint density at radius 1 is 1.10 bits per heavy atom. The molecular formula is C14H11F3N2OS. The molecule has 0 aliphatic carbocycles. The molecule has 0 radical (unpaired) electrons. The predicted octanol–water partition coefficient (Wildman–Crippen LogP) is 3.42. The van der Waals surface area contributed by atoms with Crippen molar-refractivity contribution in [1.82, 2.24) is 0 Å². The van der Waals surface area contributed by atoms with Gasteiger partial charge < -0.3 is 11.1 Å². The summed E-state index contributed by atoms with van der Waals surface area (Å²) in [7, 11) is 0. The van der Waals surface area contributed by atoms with Crippen molar-refractivity contribution in [3.05, 3.63) is 53.8 Å². The number of carbonyl (C=O) groups is 1. The number of carbonyl (C=O) groups excluding carboxylic acids is 1. The minimum absolute atomic E-state index is 0.0263. The molecule has 0 aromatic heterocycles. The van der Waals surface area contributed by atoms with Crippen LogP contribution < -0.4 is 11.1 Å². The number of hydrogen-bond donors (Lipinski definition) is 2. The van der Waals surface area contributed by atoms with Gasteiger partial charge in [-0.15, -0.1) is 11.8 Å². The standard InChI is InChI=1S/C14H11F3N2OS/c15-8-3-9(16)5-10(4-8)19-14(20)7-21-11-1-2-13(18)12(17)6-11/h1-6H,7,18H2,(H,19,20). The van der Waals surface area contributed by atoms with Crippen molar-refractivity contribution in [2.45, 2.75) is 4.90 Å². The van der Waals surface area contributed by atoms with Crippen molar-refractivity contribution < 1.29 is 18.0 Å². The van der Waals surface area contributed by atoms with Crippen molar-refractivity contribution in [1.29, 1.82) is 0 Å². The van der Waals surface area contributed by atoms with Crippen LogP contribution in [0.25, 0.3) is 0 Å². The quantitative estimate of drug-likeness (QED) is 0.672. The highest BCUT2D eigenvalue weighted by Crippen LogP contribution is 2.22. The third kappa shape index (κ3) is 4.42. The van der Waals surface area contributed by atoms with E-state index in [1.165, 1.54) is 12.1 Å². The molecule has 0 aliphatic heterocycles. The Morgan fingerprint density at radius 2 is 1.76 bits per heavy atom. The third-order valence-corrected chi connectivity index (χ3v) is 3.48. The average Bonchev–Trinajstić information content (AvgIpc) is 2.39. The summed E-state index contributed by atoms with van der Waals surface area (Å²) < 4.78 is 39.1. The minimum Gasteiger partial charge on any atom is -0.396 e. The molecule has 0 unspecified atom stereocenters. The second kappa shape index (κ2) is 6.53. The number of anilines is 2. The number of benzene rings is 2. The number of thioether (sulfide) groups is 1. The van der Waals surface area contributed by atoms with Gasteiger partial charge in [-0.1, -0.05) is 0 Å². The molecule has 0 saturated heterocycles. The van der Waals surface area contributed by atoms with Gasteiger partial charge in [0.25, 0.3) is 0 Å². The van der Waals surface area contributed by atoms with Crippen LogP contribution in [0.2, 0.25) is 0 Å². The summed E-state index contributed by atoms with van der Waals surface area (Å²) in [6, 6.07) is 6.93. The van der Waals surface area contributed by atoms with E-state index in [9.17, 15) is 18.0 Å². The summed E-state index contributed by atoms with van der Waals surface area (Å²) in [5, 5.41) is 2.36. The van der Waals surface area contributed by atoms with Gasteiger partial charge in [-0.25, -0.2) is 13.2 Å². The molecule has 0 saturated carbocycles. The first-order valence-corrected chi connectivity index (χ1v) is 6.86. The third-order valence-electron chi connectivity index (χ3n) is 2.49. The van der Waals surface area contributed by atoms with Crippen LogP contribution in [0.15, 0.2) is 41.3 Å². The number of nitrogens with one attached hydrogen (secondary N) is 1. The van der Waals surface area contributed by atoms with Gasteiger partial charge in [0.15, 0.2) is 0 Å². The number of nitrogens with two attached hydrogens (primary N) is 1. The Morgan fingerprint density at radius 3 is 2.38 bits per heavy atom. The van der Waals surface area contributed by atoms with Gasteiger partial charge in [0.1, 0.15) is 17.5 Å². The summed E-state index contributed by atoms with van der Waals surface area (Å²) in [6.45, 7) is 0. The summed E-state index contributed by atoms with van der Waals surface area (Å²) in [4.78, 5) is 12.2. The smallest absolute Gasteiger partial charge is 0.234 e. The molecule has 0 aliphatic rings. The van der Waals surface area contributed by atoms with Crippen molar-refractivity contribution in [3.8, 4) is 0 Å². The number of amides is 1. The number of nitrogen functional groups attached to an aromatic ring is 1. The van der Waals surface area contributed by atoms with E-state index in [0.29, 0.717) is 11.0 Å². The predicted molar refractivity (Wildman–Crippen MR) is 76.5 cm³/mol. The van der Waals surface area contributed by atoms with Crippen LogP contribution in [-0.2, 0) is 4.79 Å². The first kappa shape index (κ1) is 15.2. The summed E-state index contributed by atoms with van der Waals surface area (Å²) in [5.41, 5.74) is 5.40. The van der Waals surface area contributed by atoms with Gasteiger partial charge in [-0.2, -0.15) is 0 Å². The Bertz CT molecular complexity index is 659. The van der Waals surface area contributed by atoms with E-state index in [-0.39, 0.29) is 17.1 Å². The number of hydrogen-bond acceptors (Lipinski definition) is 3. The SMILES string of the molecule is Nc1ccc(SCC(=O)Nc2cc(F)cc(F)c2)cc1F. The molecular weight excluding hydrogens is 301 g/mol. The van der Waals surface area contributed by atoms with E-state index in [1.54, 1.807) is 6.07 Å². The second-order valence-corrected chi connectivity index (χ2v) is 5.23. The van der Waals surface area contributed by atoms with E-state index in [1.807, 2.05) is 0 Å². The lowest BCUT2D eigenvalue weighted by molar-refractivity contribution is -0.113. The maximum absolute atomic E-state index is 13.2. The van der Waals surface area contributed by atoms with Gasteiger partial charge in [-0.3, -0.25) is 4.79 Å². The Kier molecular flexibility index (Phi) is 4.74. The monoisotopic (exact) mass is 312 g/mol. The molecule has 1 amide bonds. The van der Waals surface area contributed by atoms with E-state index in [4.69, 9.17) is 5.73 Å². The van der Waals surface area contributed by atoms with Crippen molar-refractivity contribution in [2.24, 2.45) is 0 Å². The highest BCUT2D eigenvalue weighted by Gasteiger charge is 2.07. The molecule has 110 valence electrons. The van der Waals surface area contributed by atoms with Gasteiger partial charge in [0, 0.05) is 16.6 Å². The molecule has 0 atom stereocenters. The first-order valence-electron chi connectivity index (χ1n) is 5.88. The summed E-state index contributed by atoms with van der Waals surface area (Å²) in [5.74, 6) is -2.60. The lowest BCUT2D eigenvalue weighted by Gasteiger charge is -2.06. The molecule has 2 aromatic carbocycles. The Balaban J connectivity index is 1.94. The highest BCUT2D eigenvalue weighted by molar-refractivity contribution is 8.00. The molecule has 0 spiro atoms. The van der Waals surface area contributed by atoms with Crippen LogP contribution in [0, 0.1) is 17.5 Å². The molecule has 3 nitrogen and oxygen atoms in total. The number of halogens is 3. The fourth-order valence-corrected chi connectivity index (χ4v) is 2.29. The zero-order valence-corrected chi connectivity index (χ0v) is 11.5. The van der Waals surface area contributed by atoms with E-state index in [0.717, 1.165) is 23.9 Å². The summed E-state index contributed by atoms with van der Waals surface area (Å²) >= 11 is 1.08. The highest BCUT2D eigenvalue weighted by atomic mass is 32.2. The van der Waals surface area contributed by atoms with Gasteiger partial charge in [0.05, 0.1) is 11.4 Å². The lowest BCUT2D eigenvalue weighted by atomic mass is 10.3. The van der Waals surface area contributed by atoms with Crippen LogP contribution in [0.3, 0.4) is 0 Å². The fourth-order valence-electron chi connectivity index (χ4n) is 1.57. The normalized spacial score (nSPS) is 10.4. The Hall–Kier alpha value is -2.15. The summed E-state index contributed by atoms with van der Waals surface area (Å²) in [6.07, 6.45) is 0. The van der Waals surface area contributed by atoms with Crippen LogP contribution >= 0.6 is 11.8 Å².